The lowest BCUT2D eigenvalue weighted by molar-refractivity contribution is -0.122. The second kappa shape index (κ2) is 9.92. The van der Waals surface area contributed by atoms with Crippen LogP contribution >= 0.6 is 0 Å². The molecule has 1 fully saturated rings. The smallest absolute Gasteiger partial charge is 0.265 e. The van der Waals surface area contributed by atoms with Gasteiger partial charge in [-0.05, 0) is 81.5 Å². The molecule has 1 atom stereocenters. The van der Waals surface area contributed by atoms with Gasteiger partial charge in [-0.25, -0.2) is 8.42 Å². The van der Waals surface area contributed by atoms with E-state index >= 15 is 0 Å². The molecular weight excluding hydrogens is 428 g/mol. The molecule has 2 aromatic carbocycles. The SMILES string of the molecule is COc1ccc(S(=O)(=O)N2CCCCC2)cc1NC(=O)C(C)Oc1cc(C)cc(C)c1C. The Morgan fingerprint density at radius 1 is 1.03 bits per heavy atom. The lowest BCUT2D eigenvalue weighted by Crippen LogP contribution is -2.35. The van der Waals surface area contributed by atoms with E-state index in [1.807, 2.05) is 26.8 Å². The number of hydrogen-bond donors (Lipinski definition) is 1. The van der Waals surface area contributed by atoms with Gasteiger partial charge in [-0.3, -0.25) is 4.79 Å². The van der Waals surface area contributed by atoms with Gasteiger partial charge < -0.3 is 14.8 Å². The van der Waals surface area contributed by atoms with Crippen molar-refractivity contribution in [1.29, 1.82) is 0 Å². The first-order chi connectivity index (χ1) is 15.1. The second-order valence-electron chi connectivity index (χ2n) is 8.28. The molecule has 1 aliphatic rings. The van der Waals surface area contributed by atoms with Crippen LogP contribution in [0.2, 0.25) is 0 Å². The fourth-order valence-electron chi connectivity index (χ4n) is 3.80. The summed E-state index contributed by atoms with van der Waals surface area (Å²) in [7, 11) is -2.16. The van der Waals surface area contributed by atoms with E-state index < -0.39 is 22.0 Å². The standard InChI is InChI=1S/C24H32N2O5S/c1-16-13-17(2)18(3)23(14-16)31-19(4)24(27)25-21-15-20(9-10-22(21)30-5)32(28,29)26-11-7-6-8-12-26/h9-10,13-15,19H,6-8,11-12H2,1-5H3,(H,25,27). The maximum absolute atomic E-state index is 13.0. The number of ether oxygens (including phenoxy) is 2. The van der Waals surface area contributed by atoms with E-state index in [-0.39, 0.29) is 4.90 Å². The number of carbonyl (C=O) groups is 1. The van der Waals surface area contributed by atoms with E-state index in [1.165, 1.54) is 23.5 Å². The van der Waals surface area contributed by atoms with Gasteiger partial charge in [0.05, 0.1) is 17.7 Å². The molecule has 1 aliphatic heterocycles. The number of hydrogen-bond acceptors (Lipinski definition) is 5. The number of nitrogens with zero attached hydrogens (tertiary/aromatic N) is 1. The fourth-order valence-corrected chi connectivity index (χ4v) is 5.34. The van der Waals surface area contributed by atoms with Gasteiger partial charge in [0.1, 0.15) is 11.5 Å². The first kappa shape index (κ1) is 24.1. The maximum Gasteiger partial charge on any atom is 0.265 e. The third-order valence-corrected chi connectivity index (χ3v) is 7.71. The molecule has 0 bridgehead atoms. The number of methoxy groups -OCH3 is 1. The highest BCUT2D eigenvalue weighted by Crippen LogP contribution is 2.30. The fraction of sp³-hybridized carbons (Fsp3) is 0.458. The van der Waals surface area contributed by atoms with Gasteiger partial charge in [0.25, 0.3) is 5.91 Å². The predicted molar refractivity (Wildman–Crippen MR) is 125 cm³/mol. The van der Waals surface area contributed by atoms with Crippen molar-refractivity contribution in [3.05, 3.63) is 47.0 Å². The van der Waals surface area contributed by atoms with Crippen molar-refractivity contribution in [3.8, 4) is 11.5 Å². The molecule has 1 saturated heterocycles. The molecule has 2 aromatic rings. The number of nitrogens with one attached hydrogen (secondary N) is 1. The van der Waals surface area contributed by atoms with Crippen molar-refractivity contribution in [1.82, 2.24) is 4.31 Å². The number of carbonyl (C=O) groups excluding carboxylic acids is 1. The highest BCUT2D eigenvalue weighted by Gasteiger charge is 2.27. The maximum atomic E-state index is 13.0. The summed E-state index contributed by atoms with van der Waals surface area (Å²) in [5.74, 6) is 0.638. The summed E-state index contributed by atoms with van der Waals surface area (Å²) in [5.41, 5.74) is 3.41. The Balaban J connectivity index is 1.81. The lowest BCUT2D eigenvalue weighted by Gasteiger charge is -2.26. The average Bonchev–Trinajstić information content (AvgIpc) is 2.77. The van der Waals surface area contributed by atoms with E-state index in [0.717, 1.165) is 36.0 Å². The molecule has 7 nitrogen and oxygen atoms in total. The van der Waals surface area contributed by atoms with Crippen LogP contribution in [0.4, 0.5) is 5.69 Å². The highest BCUT2D eigenvalue weighted by atomic mass is 32.2. The summed E-state index contributed by atoms with van der Waals surface area (Å²) >= 11 is 0. The van der Waals surface area contributed by atoms with E-state index in [1.54, 1.807) is 13.0 Å². The number of sulfonamides is 1. The molecule has 174 valence electrons. The quantitative estimate of drug-likeness (QED) is 0.669. The molecule has 0 spiro atoms. The van der Waals surface area contributed by atoms with Gasteiger partial charge in [0.2, 0.25) is 10.0 Å². The molecule has 1 heterocycles. The first-order valence-corrected chi connectivity index (χ1v) is 12.3. The van der Waals surface area contributed by atoms with Gasteiger partial charge in [0.15, 0.2) is 6.10 Å². The van der Waals surface area contributed by atoms with Crippen LogP contribution in [0.25, 0.3) is 0 Å². The zero-order valence-electron chi connectivity index (χ0n) is 19.4. The number of benzene rings is 2. The van der Waals surface area contributed by atoms with Crippen molar-refractivity contribution < 1.29 is 22.7 Å². The third kappa shape index (κ3) is 5.24. The van der Waals surface area contributed by atoms with Crippen LogP contribution in [0.3, 0.4) is 0 Å². The molecule has 0 aromatic heterocycles. The Morgan fingerprint density at radius 3 is 2.38 bits per heavy atom. The van der Waals surface area contributed by atoms with E-state index in [0.29, 0.717) is 30.3 Å². The topological polar surface area (TPSA) is 84.9 Å². The van der Waals surface area contributed by atoms with Gasteiger partial charge in [-0.1, -0.05) is 12.5 Å². The Labute approximate surface area is 190 Å². The van der Waals surface area contributed by atoms with Crippen LogP contribution in [0, 0.1) is 20.8 Å². The number of aryl methyl sites for hydroxylation is 2. The Bertz CT molecular complexity index is 1090. The summed E-state index contributed by atoms with van der Waals surface area (Å²) in [4.78, 5) is 13.0. The van der Waals surface area contributed by atoms with Crippen molar-refractivity contribution in [2.75, 3.05) is 25.5 Å². The summed E-state index contributed by atoms with van der Waals surface area (Å²) in [6.45, 7) is 8.61. The third-order valence-electron chi connectivity index (χ3n) is 5.82. The molecule has 3 rings (SSSR count). The van der Waals surface area contributed by atoms with Crippen molar-refractivity contribution >= 4 is 21.6 Å². The molecule has 8 heteroatoms. The van der Waals surface area contributed by atoms with Gasteiger partial charge in [-0.2, -0.15) is 4.31 Å². The number of piperidine rings is 1. The highest BCUT2D eigenvalue weighted by molar-refractivity contribution is 7.89. The van der Waals surface area contributed by atoms with Crippen molar-refractivity contribution in [2.45, 2.75) is 58.0 Å². The largest absolute Gasteiger partial charge is 0.495 e. The van der Waals surface area contributed by atoms with Gasteiger partial charge >= 0.3 is 0 Å². The molecule has 32 heavy (non-hydrogen) atoms. The Hall–Kier alpha value is -2.58. The van der Waals surface area contributed by atoms with Crippen LogP contribution in [0.1, 0.15) is 42.9 Å². The normalized spacial score (nSPS) is 15.8. The van der Waals surface area contributed by atoms with E-state index in [9.17, 15) is 13.2 Å². The summed E-state index contributed by atoms with van der Waals surface area (Å²) in [5, 5.41) is 2.77. The van der Waals surface area contributed by atoms with Crippen LogP contribution < -0.4 is 14.8 Å². The van der Waals surface area contributed by atoms with E-state index in [2.05, 4.69) is 11.4 Å². The van der Waals surface area contributed by atoms with Crippen LogP contribution in [0.5, 0.6) is 11.5 Å². The van der Waals surface area contributed by atoms with Crippen LogP contribution in [-0.2, 0) is 14.8 Å². The Morgan fingerprint density at radius 2 is 1.72 bits per heavy atom. The van der Waals surface area contributed by atoms with Gasteiger partial charge in [-0.15, -0.1) is 0 Å². The summed E-state index contributed by atoms with van der Waals surface area (Å²) < 4.78 is 38.9. The first-order valence-electron chi connectivity index (χ1n) is 10.9. The van der Waals surface area contributed by atoms with Crippen LogP contribution in [0.15, 0.2) is 35.2 Å². The summed E-state index contributed by atoms with van der Waals surface area (Å²) in [6, 6.07) is 8.49. The molecule has 0 aliphatic carbocycles. The number of anilines is 1. The average molecular weight is 461 g/mol. The minimum Gasteiger partial charge on any atom is -0.495 e. The molecule has 0 saturated carbocycles. The van der Waals surface area contributed by atoms with Crippen molar-refractivity contribution in [3.63, 3.8) is 0 Å². The van der Waals surface area contributed by atoms with E-state index in [4.69, 9.17) is 9.47 Å². The number of amides is 1. The zero-order valence-corrected chi connectivity index (χ0v) is 20.2. The Kier molecular flexibility index (Phi) is 7.46. The molecule has 1 unspecified atom stereocenters. The minimum atomic E-state index is -3.63. The second-order valence-corrected chi connectivity index (χ2v) is 10.2. The zero-order chi connectivity index (χ0) is 23.5. The lowest BCUT2D eigenvalue weighted by atomic mass is 10.1. The van der Waals surface area contributed by atoms with Crippen LogP contribution in [-0.4, -0.2) is 44.9 Å². The monoisotopic (exact) mass is 460 g/mol. The number of rotatable bonds is 7. The summed E-state index contributed by atoms with van der Waals surface area (Å²) in [6.07, 6.45) is 1.95. The minimum absolute atomic E-state index is 0.134. The van der Waals surface area contributed by atoms with Gasteiger partial charge in [0, 0.05) is 13.1 Å². The molecule has 0 radical (unpaired) electrons. The molecule has 1 amide bonds. The molecule has 1 N–H and O–H groups in total. The predicted octanol–water partition coefficient (Wildman–Crippen LogP) is 4.20. The molecular formula is C24H32N2O5S. The van der Waals surface area contributed by atoms with Crippen molar-refractivity contribution in [2.24, 2.45) is 0 Å².